The van der Waals surface area contributed by atoms with Crippen molar-refractivity contribution in [1.82, 2.24) is 10.2 Å². The van der Waals surface area contributed by atoms with Gasteiger partial charge in [0.05, 0.1) is 18.7 Å². The number of esters is 1. The minimum Gasteiger partial charge on any atom is -0.469 e. The van der Waals surface area contributed by atoms with E-state index in [4.69, 9.17) is 4.74 Å². The minimum absolute atomic E-state index is 0. The van der Waals surface area contributed by atoms with E-state index in [1.165, 1.54) is 13.2 Å². The molecule has 1 heterocycles. The Hall–Kier alpha value is -1.58. The van der Waals surface area contributed by atoms with Gasteiger partial charge in [0.15, 0.2) is 5.96 Å². The maximum atomic E-state index is 13.9. The maximum absolute atomic E-state index is 13.9. The van der Waals surface area contributed by atoms with Gasteiger partial charge in [0.2, 0.25) is 0 Å². The van der Waals surface area contributed by atoms with E-state index in [1.807, 2.05) is 17.9 Å². The van der Waals surface area contributed by atoms with E-state index >= 15 is 0 Å². The molecule has 1 unspecified atom stereocenters. The number of piperazine rings is 1. The summed E-state index contributed by atoms with van der Waals surface area (Å²) in [5.74, 6) is 0.0630. The number of para-hydroxylation sites is 1. The monoisotopic (exact) mass is 464 g/mol. The molecule has 0 spiro atoms. The molecule has 0 aliphatic carbocycles. The van der Waals surface area contributed by atoms with E-state index in [1.54, 1.807) is 19.2 Å². The van der Waals surface area contributed by atoms with Crippen LogP contribution < -0.4 is 10.2 Å². The lowest BCUT2D eigenvalue weighted by Gasteiger charge is -2.37. The molecule has 1 saturated heterocycles. The van der Waals surface area contributed by atoms with Gasteiger partial charge in [-0.1, -0.05) is 19.1 Å². The first-order chi connectivity index (χ1) is 11.6. The van der Waals surface area contributed by atoms with Crippen LogP contribution in [0, 0.1) is 11.7 Å². The number of carbonyl (C=O) groups excluding carboxylic acids is 1. The second kappa shape index (κ2) is 10.4. The Kier molecular flexibility index (Phi) is 8.95. The summed E-state index contributed by atoms with van der Waals surface area (Å²) in [6, 6.07) is 6.83. The second-order valence-electron chi connectivity index (χ2n) is 5.78. The molecule has 140 valence electrons. The largest absolute Gasteiger partial charge is 0.469 e. The quantitative estimate of drug-likeness (QED) is 0.320. The summed E-state index contributed by atoms with van der Waals surface area (Å²) in [5, 5.41) is 3.20. The van der Waals surface area contributed by atoms with Crippen LogP contribution in [-0.2, 0) is 9.53 Å². The zero-order valence-electron chi connectivity index (χ0n) is 14.9. The van der Waals surface area contributed by atoms with Crippen molar-refractivity contribution in [2.24, 2.45) is 10.9 Å². The molecule has 1 fully saturated rings. The number of hydrogen-bond donors (Lipinski definition) is 1. The third-order valence-corrected chi connectivity index (χ3v) is 4.15. The topological polar surface area (TPSA) is 57.2 Å². The van der Waals surface area contributed by atoms with Crippen molar-refractivity contribution in [2.45, 2.75) is 6.92 Å². The number of benzene rings is 1. The van der Waals surface area contributed by atoms with Gasteiger partial charge in [-0.15, -0.1) is 24.0 Å². The van der Waals surface area contributed by atoms with Crippen molar-refractivity contribution in [3.63, 3.8) is 0 Å². The van der Waals surface area contributed by atoms with Crippen molar-refractivity contribution in [1.29, 1.82) is 0 Å². The van der Waals surface area contributed by atoms with E-state index in [0.717, 1.165) is 19.0 Å². The van der Waals surface area contributed by atoms with Crippen molar-refractivity contribution >= 4 is 41.6 Å². The van der Waals surface area contributed by atoms with Gasteiger partial charge in [0.25, 0.3) is 0 Å². The molecule has 25 heavy (non-hydrogen) atoms. The molecule has 0 bridgehead atoms. The van der Waals surface area contributed by atoms with Crippen LogP contribution in [0.5, 0.6) is 0 Å². The lowest BCUT2D eigenvalue weighted by Crippen LogP contribution is -2.53. The first-order valence-electron chi connectivity index (χ1n) is 8.09. The molecular weight excluding hydrogens is 438 g/mol. The zero-order chi connectivity index (χ0) is 17.5. The minimum atomic E-state index is -0.248. The molecule has 8 heteroatoms. The van der Waals surface area contributed by atoms with Gasteiger partial charge in [-0.05, 0) is 12.1 Å². The number of rotatable bonds is 4. The van der Waals surface area contributed by atoms with E-state index in [0.29, 0.717) is 25.3 Å². The number of carbonyl (C=O) groups is 1. The highest BCUT2D eigenvalue weighted by molar-refractivity contribution is 14.0. The number of hydrogen-bond acceptors (Lipinski definition) is 4. The van der Waals surface area contributed by atoms with Crippen molar-refractivity contribution in [2.75, 3.05) is 51.8 Å². The Morgan fingerprint density at radius 1 is 1.32 bits per heavy atom. The molecule has 1 atom stereocenters. The SMILES string of the molecule is CN=C(NCC(C)C(=O)OC)N1CCN(c2ccccc2F)CC1.I. The number of ether oxygens (including phenoxy) is 1. The highest BCUT2D eigenvalue weighted by Gasteiger charge is 2.22. The number of nitrogens with one attached hydrogen (secondary N) is 1. The van der Waals surface area contributed by atoms with Gasteiger partial charge < -0.3 is 19.9 Å². The number of halogens is 2. The highest BCUT2D eigenvalue weighted by atomic mass is 127. The molecule has 1 aliphatic heterocycles. The lowest BCUT2D eigenvalue weighted by molar-refractivity contribution is -0.144. The third-order valence-electron chi connectivity index (χ3n) is 4.15. The Balaban J connectivity index is 0.00000312. The molecule has 2 rings (SSSR count). The van der Waals surface area contributed by atoms with Gasteiger partial charge >= 0.3 is 5.97 Å². The summed E-state index contributed by atoms with van der Waals surface area (Å²) in [6.45, 7) is 5.18. The lowest BCUT2D eigenvalue weighted by atomic mass is 10.2. The van der Waals surface area contributed by atoms with E-state index in [-0.39, 0.29) is 41.7 Å². The average Bonchev–Trinajstić information content (AvgIpc) is 2.62. The molecule has 0 aromatic heterocycles. The van der Waals surface area contributed by atoms with E-state index in [2.05, 4.69) is 15.2 Å². The Labute approximate surface area is 165 Å². The van der Waals surface area contributed by atoms with Crippen molar-refractivity contribution in [3.8, 4) is 0 Å². The Morgan fingerprint density at radius 2 is 1.96 bits per heavy atom. The smallest absolute Gasteiger partial charge is 0.310 e. The van der Waals surface area contributed by atoms with Crippen molar-refractivity contribution < 1.29 is 13.9 Å². The summed E-state index contributed by atoms with van der Waals surface area (Å²) in [7, 11) is 3.10. The fourth-order valence-corrected chi connectivity index (χ4v) is 2.73. The molecular formula is C17H26FIN4O2. The second-order valence-corrected chi connectivity index (χ2v) is 5.78. The molecule has 1 N–H and O–H groups in total. The molecule has 1 aromatic rings. The van der Waals surface area contributed by atoms with Gasteiger partial charge in [0.1, 0.15) is 5.82 Å². The van der Waals surface area contributed by atoms with Crippen LogP contribution >= 0.6 is 24.0 Å². The summed E-state index contributed by atoms with van der Waals surface area (Å²) in [6.07, 6.45) is 0. The standard InChI is InChI=1S/C17H25FN4O2.HI/c1-13(16(23)24-3)12-20-17(19-2)22-10-8-21(9-11-22)15-7-5-4-6-14(15)18;/h4-7,13H,8-12H2,1-3H3,(H,19,20);1H. The summed E-state index contributed by atoms with van der Waals surface area (Å²) >= 11 is 0. The summed E-state index contributed by atoms with van der Waals surface area (Å²) in [5.41, 5.74) is 0.638. The fraction of sp³-hybridized carbons (Fsp3) is 0.529. The fourth-order valence-electron chi connectivity index (χ4n) is 2.73. The summed E-state index contributed by atoms with van der Waals surface area (Å²) in [4.78, 5) is 19.9. The van der Waals surface area contributed by atoms with Crippen LogP contribution in [0.4, 0.5) is 10.1 Å². The molecule has 0 saturated carbocycles. The molecule has 1 aliphatic rings. The van der Waals surface area contributed by atoms with E-state index < -0.39 is 0 Å². The van der Waals surface area contributed by atoms with Crippen LogP contribution in [0.1, 0.15) is 6.92 Å². The van der Waals surface area contributed by atoms with Crippen LogP contribution in [-0.4, -0.2) is 63.7 Å². The van der Waals surface area contributed by atoms with Crippen LogP contribution in [0.25, 0.3) is 0 Å². The molecule has 1 aromatic carbocycles. The number of aliphatic imine (C=N–C) groups is 1. The van der Waals surface area contributed by atoms with Crippen LogP contribution in [0.2, 0.25) is 0 Å². The van der Waals surface area contributed by atoms with Gasteiger partial charge in [-0.3, -0.25) is 9.79 Å². The zero-order valence-corrected chi connectivity index (χ0v) is 17.2. The summed E-state index contributed by atoms with van der Waals surface area (Å²) < 4.78 is 18.6. The first kappa shape index (κ1) is 21.5. The predicted molar refractivity (Wildman–Crippen MR) is 108 cm³/mol. The van der Waals surface area contributed by atoms with Crippen LogP contribution in [0.3, 0.4) is 0 Å². The molecule has 6 nitrogen and oxygen atoms in total. The number of guanidine groups is 1. The first-order valence-corrected chi connectivity index (χ1v) is 8.09. The average molecular weight is 464 g/mol. The normalized spacial score (nSPS) is 16.1. The van der Waals surface area contributed by atoms with Crippen molar-refractivity contribution in [3.05, 3.63) is 30.1 Å². The maximum Gasteiger partial charge on any atom is 0.310 e. The van der Waals surface area contributed by atoms with Gasteiger partial charge in [0, 0.05) is 39.8 Å². The van der Waals surface area contributed by atoms with Gasteiger partial charge in [-0.25, -0.2) is 4.39 Å². The van der Waals surface area contributed by atoms with E-state index in [9.17, 15) is 9.18 Å². The highest BCUT2D eigenvalue weighted by Crippen LogP contribution is 2.20. The number of anilines is 1. The molecule has 0 amide bonds. The Morgan fingerprint density at radius 3 is 2.52 bits per heavy atom. The number of nitrogens with zero attached hydrogens (tertiary/aromatic N) is 3. The number of methoxy groups -OCH3 is 1. The Bertz CT molecular complexity index is 592. The molecule has 0 radical (unpaired) electrons. The van der Waals surface area contributed by atoms with Crippen LogP contribution in [0.15, 0.2) is 29.3 Å². The third kappa shape index (κ3) is 5.72. The predicted octanol–water partition coefficient (Wildman–Crippen LogP) is 1.95. The van der Waals surface area contributed by atoms with Gasteiger partial charge in [-0.2, -0.15) is 0 Å².